The van der Waals surface area contributed by atoms with Gasteiger partial charge in [0.15, 0.2) is 0 Å². The molecule has 2 nitrogen and oxygen atoms in total. The zero-order valence-electron chi connectivity index (χ0n) is 4.12. The number of hydrogen-bond donors (Lipinski definition) is 0. The SMILES string of the molecule is O.[Ba+2].[H-].[H-].[O]=[SbH]. The van der Waals surface area contributed by atoms with Gasteiger partial charge in [-0.25, -0.2) is 0 Å². The van der Waals surface area contributed by atoms with Crippen LogP contribution >= 0.6 is 0 Å². The van der Waals surface area contributed by atoms with Gasteiger partial charge in [-0.1, -0.05) is 0 Å². The zero-order valence-corrected chi connectivity index (χ0v) is 9.41. The third-order valence-corrected chi connectivity index (χ3v) is 0. The summed E-state index contributed by atoms with van der Waals surface area (Å²) < 4.78 is 8.34. The van der Waals surface area contributed by atoms with Crippen LogP contribution in [0.3, 0.4) is 0 Å². The summed E-state index contributed by atoms with van der Waals surface area (Å²) in [4.78, 5) is 0. The molecule has 0 amide bonds. The van der Waals surface area contributed by atoms with Gasteiger partial charge >= 0.3 is 74.9 Å². The van der Waals surface area contributed by atoms with Crippen molar-refractivity contribution in [2.24, 2.45) is 0 Å². The van der Waals surface area contributed by atoms with Crippen molar-refractivity contribution in [1.29, 1.82) is 0 Å². The van der Waals surface area contributed by atoms with Gasteiger partial charge in [0.1, 0.15) is 0 Å². The summed E-state index contributed by atoms with van der Waals surface area (Å²) >= 11 is 0.300. The molecule has 0 saturated heterocycles. The van der Waals surface area contributed by atoms with Crippen molar-refractivity contribution >= 4 is 71.9 Å². The van der Waals surface area contributed by atoms with E-state index >= 15 is 0 Å². The molecule has 0 aliphatic heterocycles. The summed E-state index contributed by atoms with van der Waals surface area (Å²) in [7, 11) is 0. The van der Waals surface area contributed by atoms with Crippen LogP contribution in [0.25, 0.3) is 0 Å². The monoisotopic (exact) mass is 296 g/mol. The molecule has 0 aromatic rings. The van der Waals surface area contributed by atoms with Crippen LogP contribution in [0, 0.1) is 0 Å². The van der Waals surface area contributed by atoms with Crippen molar-refractivity contribution in [3.8, 4) is 0 Å². The molecule has 0 aliphatic rings. The summed E-state index contributed by atoms with van der Waals surface area (Å²) in [5.41, 5.74) is 0. The number of hydrogen-bond acceptors (Lipinski definition) is 1. The molecule has 2 N–H and O–H groups in total. The molecule has 0 unspecified atom stereocenters. The standard InChI is InChI=1S/Ba.H2O.O.Sb.3H/h;1H2;;;;;/q+2;;;;;2*-1. The fourth-order valence-corrected chi connectivity index (χ4v) is 0. The summed E-state index contributed by atoms with van der Waals surface area (Å²) in [5.74, 6) is 0. The first-order valence-electron chi connectivity index (χ1n) is 0.204. The first kappa shape index (κ1) is 16.4. The Bertz CT molecular complexity index is 11.5. The van der Waals surface area contributed by atoms with E-state index in [1.165, 1.54) is 0 Å². The van der Waals surface area contributed by atoms with E-state index in [2.05, 4.69) is 0 Å². The average Bonchev–Trinajstić information content (AvgIpc) is 1.00. The Hall–Kier alpha value is 2.15. The molecule has 0 saturated carbocycles. The molecule has 0 aromatic carbocycles. The molecule has 0 bridgehead atoms. The van der Waals surface area contributed by atoms with Gasteiger partial charge in [0.05, 0.1) is 0 Å². The maximum absolute atomic E-state index is 8.34. The second kappa shape index (κ2) is 19.2. The molecule has 4 heavy (non-hydrogen) atoms. The Morgan fingerprint density at radius 3 is 1.50 bits per heavy atom. The molecule has 4 heteroatoms. The van der Waals surface area contributed by atoms with E-state index in [-0.39, 0.29) is 57.2 Å². The van der Waals surface area contributed by atoms with Crippen LogP contribution in [0.5, 0.6) is 0 Å². The van der Waals surface area contributed by atoms with Gasteiger partial charge in [-0.3, -0.25) is 0 Å². The molecule has 0 spiro atoms. The van der Waals surface area contributed by atoms with E-state index in [9.17, 15) is 0 Å². The maximum atomic E-state index is 8.34. The van der Waals surface area contributed by atoms with Crippen LogP contribution in [0.15, 0.2) is 0 Å². The minimum absolute atomic E-state index is 0. The zero-order chi connectivity index (χ0) is 2.00. The van der Waals surface area contributed by atoms with Crippen molar-refractivity contribution in [3.05, 3.63) is 0 Å². The van der Waals surface area contributed by atoms with E-state index in [4.69, 9.17) is 3.02 Å². The Morgan fingerprint density at radius 2 is 1.50 bits per heavy atom. The Kier molecular flexibility index (Phi) is 78.9. The average molecular weight is 296 g/mol. The van der Waals surface area contributed by atoms with E-state index in [0.29, 0.717) is 23.0 Å². The van der Waals surface area contributed by atoms with Crippen molar-refractivity contribution in [1.82, 2.24) is 0 Å². The third-order valence-electron chi connectivity index (χ3n) is 0. The molecule has 0 aliphatic carbocycles. The Labute approximate surface area is 81.6 Å². The summed E-state index contributed by atoms with van der Waals surface area (Å²) in [6.07, 6.45) is 0. The third kappa shape index (κ3) is 8.91. The molecule has 0 rings (SSSR count). The van der Waals surface area contributed by atoms with E-state index in [0.717, 1.165) is 0 Å². The van der Waals surface area contributed by atoms with Gasteiger partial charge in [0.25, 0.3) is 0 Å². The van der Waals surface area contributed by atoms with E-state index in [1.54, 1.807) is 0 Å². The molecule has 0 atom stereocenters. The molecule has 24 valence electrons. The van der Waals surface area contributed by atoms with Crippen molar-refractivity contribution < 1.29 is 11.3 Å². The summed E-state index contributed by atoms with van der Waals surface area (Å²) in [5, 5.41) is 0. The van der Waals surface area contributed by atoms with Crippen LogP contribution in [-0.4, -0.2) is 77.4 Å². The van der Waals surface area contributed by atoms with Gasteiger partial charge in [-0.2, -0.15) is 0 Å². The Balaban J connectivity index is -0.000000000833. The fraction of sp³-hybridized carbons (Fsp3) is 0. The van der Waals surface area contributed by atoms with E-state index in [1.807, 2.05) is 0 Å². The first-order valence-corrected chi connectivity index (χ1v) is 1.37. The van der Waals surface area contributed by atoms with Gasteiger partial charge in [-0.05, 0) is 0 Å². The van der Waals surface area contributed by atoms with Gasteiger partial charge in [0, 0.05) is 0 Å². The summed E-state index contributed by atoms with van der Waals surface area (Å²) in [6, 6.07) is 0. The summed E-state index contributed by atoms with van der Waals surface area (Å²) in [6.45, 7) is 0. The normalized spacial score (nSPS) is 1.00. The molecular weight excluding hydrogens is 291 g/mol. The minimum atomic E-state index is 0. The molecule has 0 fully saturated rings. The fourth-order valence-electron chi connectivity index (χ4n) is 0. The predicted octanol–water partition coefficient (Wildman–Crippen LogP) is -1.75. The molecular formula is H5BaO2Sb. The van der Waals surface area contributed by atoms with Crippen LogP contribution in [0.2, 0.25) is 0 Å². The van der Waals surface area contributed by atoms with Crippen LogP contribution in [0.4, 0.5) is 0 Å². The van der Waals surface area contributed by atoms with Gasteiger partial charge < -0.3 is 8.33 Å². The van der Waals surface area contributed by atoms with Crippen molar-refractivity contribution in [2.75, 3.05) is 0 Å². The second-order valence-corrected chi connectivity index (χ2v) is 0. The van der Waals surface area contributed by atoms with Crippen molar-refractivity contribution in [3.63, 3.8) is 0 Å². The first-order chi connectivity index (χ1) is 1.00. The molecule has 0 radical (unpaired) electrons. The van der Waals surface area contributed by atoms with Gasteiger partial charge in [0.2, 0.25) is 0 Å². The van der Waals surface area contributed by atoms with Crippen molar-refractivity contribution in [2.45, 2.75) is 0 Å². The molecule has 0 heterocycles. The number of rotatable bonds is 0. The van der Waals surface area contributed by atoms with Gasteiger partial charge in [-0.15, -0.1) is 0 Å². The van der Waals surface area contributed by atoms with Crippen LogP contribution < -0.4 is 0 Å². The van der Waals surface area contributed by atoms with Crippen LogP contribution in [0.1, 0.15) is 2.85 Å². The Morgan fingerprint density at radius 1 is 1.50 bits per heavy atom. The van der Waals surface area contributed by atoms with Crippen LogP contribution in [-0.2, 0) is 3.02 Å². The quantitative estimate of drug-likeness (QED) is 0.489. The topological polar surface area (TPSA) is 48.6 Å². The molecule has 0 aromatic heterocycles. The second-order valence-electron chi connectivity index (χ2n) is 0. The predicted molar refractivity (Wildman–Crippen MR) is 19.4 cm³/mol. The van der Waals surface area contributed by atoms with E-state index < -0.39 is 0 Å².